The molecule has 1 saturated heterocycles. The predicted molar refractivity (Wildman–Crippen MR) is 125 cm³/mol. The van der Waals surface area contributed by atoms with Crippen LogP contribution >= 0.6 is 0 Å². The number of nitrogens with two attached hydrogens (primary N) is 1. The van der Waals surface area contributed by atoms with Crippen molar-refractivity contribution in [1.82, 2.24) is 19.3 Å². The Balaban J connectivity index is 1.45. The number of piperidine rings is 1. The second-order valence-electron chi connectivity index (χ2n) is 8.10. The molecule has 8 heteroatoms. The van der Waals surface area contributed by atoms with E-state index >= 15 is 0 Å². The van der Waals surface area contributed by atoms with Crippen LogP contribution < -0.4 is 10.5 Å². The molecule has 33 heavy (non-hydrogen) atoms. The van der Waals surface area contributed by atoms with Crippen molar-refractivity contribution in [3.63, 3.8) is 0 Å². The van der Waals surface area contributed by atoms with E-state index < -0.39 is 6.61 Å². The molecule has 2 aromatic carbocycles. The molecule has 5 rings (SSSR count). The quantitative estimate of drug-likeness (QED) is 0.489. The van der Waals surface area contributed by atoms with Gasteiger partial charge in [0, 0.05) is 30.8 Å². The van der Waals surface area contributed by atoms with Gasteiger partial charge in [-0.15, -0.1) is 0 Å². The van der Waals surface area contributed by atoms with Crippen molar-refractivity contribution in [2.45, 2.75) is 18.8 Å². The third-order valence-electron chi connectivity index (χ3n) is 6.07. The van der Waals surface area contributed by atoms with Crippen LogP contribution in [0.15, 0.2) is 66.9 Å². The molecule has 0 bridgehead atoms. The van der Waals surface area contributed by atoms with Gasteiger partial charge in [0.05, 0.1) is 11.2 Å². The first-order valence-corrected chi connectivity index (χ1v) is 11.0. The number of ether oxygens (including phenoxy) is 1. The maximum Gasteiger partial charge on any atom is 0.248 e. The number of aliphatic hydroxyl groups excluding tert-OH is 1. The van der Waals surface area contributed by atoms with Crippen LogP contribution in [-0.2, 0) is 4.79 Å². The number of anilines is 1. The number of carbonyl (C=O) groups excluding carboxylic acids is 1. The molecule has 2 aromatic heterocycles. The SMILES string of the molecule is Nc1nccc2c(C3CCN(C(=O)CO)CC3)nc(-c3ccc(Oc4ccccc4)cc3)n12. The van der Waals surface area contributed by atoms with E-state index in [1.807, 2.05) is 65.1 Å². The van der Waals surface area contributed by atoms with E-state index in [2.05, 4.69) is 4.98 Å². The summed E-state index contributed by atoms with van der Waals surface area (Å²) >= 11 is 0. The van der Waals surface area contributed by atoms with Crippen LogP contribution in [0, 0.1) is 0 Å². The summed E-state index contributed by atoms with van der Waals surface area (Å²) in [7, 11) is 0. The van der Waals surface area contributed by atoms with Gasteiger partial charge in [0.25, 0.3) is 0 Å². The predicted octanol–water partition coefficient (Wildman–Crippen LogP) is 3.47. The van der Waals surface area contributed by atoms with E-state index in [0.29, 0.717) is 19.0 Å². The molecule has 1 amide bonds. The number of aliphatic hydroxyl groups is 1. The number of para-hydroxylation sites is 1. The zero-order valence-corrected chi connectivity index (χ0v) is 18.1. The Hall–Kier alpha value is -3.91. The minimum atomic E-state index is -0.450. The first kappa shape index (κ1) is 21.0. The van der Waals surface area contributed by atoms with Crippen LogP contribution in [0.1, 0.15) is 24.5 Å². The highest BCUT2D eigenvalue weighted by molar-refractivity contribution is 5.77. The van der Waals surface area contributed by atoms with Crippen molar-refractivity contribution in [1.29, 1.82) is 0 Å². The Kier molecular flexibility index (Phi) is 5.66. The summed E-state index contributed by atoms with van der Waals surface area (Å²) in [6.07, 6.45) is 3.26. The molecule has 8 nitrogen and oxygen atoms in total. The fraction of sp³-hybridized carbons (Fsp3) is 0.240. The second kappa shape index (κ2) is 8.91. The molecule has 0 unspecified atom stereocenters. The van der Waals surface area contributed by atoms with Gasteiger partial charge in [-0.25, -0.2) is 9.97 Å². The average molecular weight is 444 g/mol. The van der Waals surface area contributed by atoms with Crippen molar-refractivity contribution in [2.75, 3.05) is 25.4 Å². The van der Waals surface area contributed by atoms with Gasteiger partial charge in [0.1, 0.15) is 23.9 Å². The molecule has 1 aliphatic heterocycles. The molecule has 0 aliphatic carbocycles. The molecule has 0 spiro atoms. The Morgan fingerprint density at radius 1 is 1.03 bits per heavy atom. The van der Waals surface area contributed by atoms with Gasteiger partial charge in [-0.2, -0.15) is 0 Å². The van der Waals surface area contributed by atoms with Gasteiger partial charge in [-0.05, 0) is 55.3 Å². The number of nitrogens with zero attached hydrogens (tertiary/aromatic N) is 4. The smallest absolute Gasteiger partial charge is 0.248 e. The van der Waals surface area contributed by atoms with E-state index in [4.69, 9.17) is 20.6 Å². The summed E-state index contributed by atoms with van der Waals surface area (Å²) in [6.45, 7) is 0.753. The van der Waals surface area contributed by atoms with E-state index in [1.165, 1.54) is 0 Å². The van der Waals surface area contributed by atoms with Gasteiger partial charge in [-0.1, -0.05) is 18.2 Å². The normalized spacial score (nSPS) is 14.5. The van der Waals surface area contributed by atoms with E-state index in [0.717, 1.165) is 46.9 Å². The summed E-state index contributed by atoms with van der Waals surface area (Å²) in [6, 6.07) is 19.3. The summed E-state index contributed by atoms with van der Waals surface area (Å²) < 4.78 is 7.79. The molecule has 0 saturated carbocycles. The lowest BCUT2D eigenvalue weighted by atomic mass is 9.93. The Morgan fingerprint density at radius 3 is 2.42 bits per heavy atom. The Bertz CT molecular complexity index is 1260. The molecule has 1 fully saturated rings. The minimum Gasteiger partial charge on any atom is -0.457 e. The molecular weight excluding hydrogens is 418 g/mol. The van der Waals surface area contributed by atoms with Crippen molar-refractivity contribution in [3.05, 3.63) is 72.6 Å². The van der Waals surface area contributed by atoms with E-state index in [9.17, 15) is 4.79 Å². The van der Waals surface area contributed by atoms with Gasteiger partial charge in [-0.3, -0.25) is 9.20 Å². The second-order valence-corrected chi connectivity index (χ2v) is 8.10. The third-order valence-corrected chi connectivity index (χ3v) is 6.07. The summed E-state index contributed by atoms with van der Waals surface area (Å²) in [5.74, 6) is 2.58. The van der Waals surface area contributed by atoms with Crippen molar-refractivity contribution < 1.29 is 14.6 Å². The summed E-state index contributed by atoms with van der Waals surface area (Å²) in [5, 5.41) is 9.14. The maximum absolute atomic E-state index is 11.8. The molecular formula is C25H25N5O3. The number of amides is 1. The Morgan fingerprint density at radius 2 is 1.73 bits per heavy atom. The number of likely N-dealkylation sites (tertiary alicyclic amines) is 1. The molecule has 168 valence electrons. The number of carbonyl (C=O) groups is 1. The van der Waals surface area contributed by atoms with Crippen molar-refractivity contribution in [3.8, 4) is 22.9 Å². The highest BCUT2D eigenvalue weighted by Crippen LogP contribution is 2.35. The number of aromatic nitrogens is 3. The number of fused-ring (bicyclic) bond motifs is 1. The lowest BCUT2D eigenvalue weighted by Crippen LogP contribution is -2.39. The highest BCUT2D eigenvalue weighted by Gasteiger charge is 2.28. The number of hydrogen-bond acceptors (Lipinski definition) is 6. The molecule has 0 atom stereocenters. The summed E-state index contributed by atoms with van der Waals surface area (Å²) in [4.78, 5) is 22.8. The maximum atomic E-state index is 11.8. The van der Waals surface area contributed by atoms with E-state index in [1.54, 1.807) is 11.1 Å². The topological polar surface area (TPSA) is 106 Å². The van der Waals surface area contributed by atoms with Gasteiger partial charge < -0.3 is 20.5 Å². The van der Waals surface area contributed by atoms with Crippen LogP contribution in [0.5, 0.6) is 11.5 Å². The molecule has 3 heterocycles. The molecule has 0 radical (unpaired) electrons. The first-order chi connectivity index (χ1) is 16.1. The molecule has 4 aromatic rings. The van der Waals surface area contributed by atoms with Crippen LogP contribution in [-0.4, -0.2) is 50.0 Å². The number of nitrogen functional groups attached to an aromatic ring is 1. The van der Waals surface area contributed by atoms with Crippen molar-refractivity contribution in [2.24, 2.45) is 0 Å². The standard InChI is InChI=1S/C25H25N5O3/c26-25-27-13-10-21-23(17-11-14-29(15-12-17)22(32)16-31)28-24(30(21)25)18-6-8-20(9-7-18)33-19-4-2-1-3-5-19/h1-10,13,17,31H,11-12,14-16H2,(H2,26,27). The van der Waals surface area contributed by atoms with E-state index in [-0.39, 0.29) is 11.8 Å². The van der Waals surface area contributed by atoms with Gasteiger partial charge in [0.15, 0.2) is 0 Å². The lowest BCUT2D eigenvalue weighted by Gasteiger charge is -2.31. The Labute approximate surface area is 191 Å². The first-order valence-electron chi connectivity index (χ1n) is 11.0. The molecule has 1 aliphatic rings. The lowest BCUT2D eigenvalue weighted by molar-refractivity contribution is -0.135. The summed E-state index contributed by atoms with van der Waals surface area (Å²) in [5.41, 5.74) is 9.05. The zero-order chi connectivity index (χ0) is 22.8. The highest BCUT2D eigenvalue weighted by atomic mass is 16.5. The van der Waals surface area contributed by atoms with Crippen LogP contribution in [0.2, 0.25) is 0 Å². The van der Waals surface area contributed by atoms with Gasteiger partial charge in [0.2, 0.25) is 11.9 Å². The molecule has 3 N–H and O–H groups in total. The van der Waals surface area contributed by atoms with Crippen molar-refractivity contribution >= 4 is 17.4 Å². The van der Waals surface area contributed by atoms with Gasteiger partial charge >= 0.3 is 0 Å². The largest absolute Gasteiger partial charge is 0.457 e. The fourth-order valence-corrected chi connectivity index (χ4v) is 4.38. The average Bonchev–Trinajstić information content (AvgIpc) is 3.26. The number of imidazole rings is 1. The number of benzene rings is 2. The monoisotopic (exact) mass is 443 g/mol. The minimum absolute atomic E-state index is 0.194. The zero-order valence-electron chi connectivity index (χ0n) is 18.1. The number of rotatable bonds is 5. The van der Waals surface area contributed by atoms with Crippen LogP contribution in [0.3, 0.4) is 0 Å². The fourth-order valence-electron chi connectivity index (χ4n) is 4.38. The number of hydrogen-bond donors (Lipinski definition) is 2. The van der Waals surface area contributed by atoms with Crippen LogP contribution in [0.25, 0.3) is 16.9 Å². The third kappa shape index (κ3) is 4.12. The van der Waals surface area contributed by atoms with Crippen LogP contribution in [0.4, 0.5) is 5.95 Å².